The van der Waals surface area contributed by atoms with Crippen LogP contribution in [0.1, 0.15) is 23.9 Å². The summed E-state index contributed by atoms with van der Waals surface area (Å²) in [4.78, 5) is 6.57. The summed E-state index contributed by atoms with van der Waals surface area (Å²) in [6, 6.07) is 6.29. The van der Waals surface area contributed by atoms with Crippen molar-refractivity contribution in [3.05, 3.63) is 29.8 Å². The Morgan fingerprint density at radius 1 is 1.53 bits per heavy atom. The summed E-state index contributed by atoms with van der Waals surface area (Å²) < 4.78 is 2.06. The predicted octanol–water partition coefficient (Wildman–Crippen LogP) is 1.35. The zero-order chi connectivity index (χ0) is 13.4. The van der Waals surface area contributed by atoms with Gasteiger partial charge < -0.3 is 14.6 Å². The van der Waals surface area contributed by atoms with Crippen LogP contribution in [-0.4, -0.2) is 36.6 Å². The smallest absolute Gasteiger partial charge is 0.166 e. The zero-order valence-corrected chi connectivity index (χ0v) is 11.2. The van der Waals surface area contributed by atoms with Gasteiger partial charge >= 0.3 is 0 Å². The van der Waals surface area contributed by atoms with Gasteiger partial charge in [0.05, 0.1) is 5.52 Å². The molecule has 3 heterocycles. The largest absolute Gasteiger partial charge is 0.378 e. The molecule has 0 spiro atoms. The van der Waals surface area contributed by atoms with Crippen molar-refractivity contribution in [1.29, 1.82) is 5.26 Å². The molecule has 1 N–H and O–H groups in total. The van der Waals surface area contributed by atoms with Crippen LogP contribution in [0.25, 0.3) is 5.52 Å². The second-order valence-electron chi connectivity index (χ2n) is 5.15. The molecule has 0 radical (unpaired) electrons. The monoisotopic (exact) mass is 255 g/mol. The van der Waals surface area contributed by atoms with Gasteiger partial charge in [0.1, 0.15) is 11.9 Å². The highest BCUT2D eigenvalue weighted by Gasteiger charge is 2.23. The molecule has 5 nitrogen and oxygen atoms in total. The molecule has 0 saturated carbocycles. The fraction of sp³-hybridized carbons (Fsp3) is 0.429. The van der Waals surface area contributed by atoms with E-state index in [9.17, 15) is 5.26 Å². The van der Waals surface area contributed by atoms with E-state index in [2.05, 4.69) is 26.8 Å². The van der Waals surface area contributed by atoms with Crippen LogP contribution in [0.5, 0.6) is 0 Å². The standard InChI is InChI=1S/C14H17N5/c1-18(2)11-4-6-19-13(7-11)12(8-15)17-14(19)10-3-5-16-9-10/h4,6-7,10,16H,3,5,9H2,1-2H3. The summed E-state index contributed by atoms with van der Waals surface area (Å²) in [5, 5.41) is 12.6. The topological polar surface area (TPSA) is 56.4 Å². The lowest BCUT2D eigenvalue weighted by molar-refractivity contribution is 0.698. The van der Waals surface area contributed by atoms with Gasteiger partial charge in [-0.25, -0.2) is 4.98 Å². The van der Waals surface area contributed by atoms with Crippen molar-refractivity contribution in [1.82, 2.24) is 14.7 Å². The quantitative estimate of drug-likeness (QED) is 0.880. The molecule has 1 unspecified atom stereocenters. The normalized spacial score (nSPS) is 18.7. The second kappa shape index (κ2) is 4.56. The number of nitrogens with zero attached hydrogens (tertiary/aromatic N) is 4. The molecular weight excluding hydrogens is 238 g/mol. The number of pyridine rings is 1. The van der Waals surface area contributed by atoms with Crippen LogP contribution in [0.4, 0.5) is 5.69 Å². The Morgan fingerprint density at radius 2 is 2.37 bits per heavy atom. The highest BCUT2D eigenvalue weighted by molar-refractivity contribution is 5.66. The lowest BCUT2D eigenvalue weighted by Crippen LogP contribution is -2.11. The molecule has 1 fully saturated rings. The molecular formula is C14H17N5. The van der Waals surface area contributed by atoms with E-state index < -0.39 is 0 Å². The first-order valence-electron chi connectivity index (χ1n) is 6.51. The molecule has 0 aliphatic carbocycles. The molecule has 2 aromatic rings. The number of hydrogen-bond acceptors (Lipinski definition) is 4. The van der Waals surface area contributed by atoms with Gasteiger partial charge in [0, 0.05) is 38.4 Å². The number of rotatable bonds is 2. The summed E-state index contributed by atoms with van der Waals surface area (Å²) in [6.45, 7) is 1.97. The first kappa shape index (κ1) is 12.0. The Kier molecular flexibility index (Phi) is 2.88. The minimum atomic E-state index is 0.403. The van der Waals surface area contributed by atoms with Crippen molar-refractivity contribution in [2.75, 3.05) is 32.1 Å². The highest BCUT2D eigenvalue weighted by atomic mass is 15.1. The molecule has 1 aliphatic rings. The van der Waals surface area contributed by atoms with E-state index in [0.717, 1.165) is 36.5 Å². The molecule has 98 valence electrons. The fourth-order valence-electron chi connectivity index (χ4n) is 2.62. The minimum Gasteiger partial charge on any atom is -0.378 e. The van der Waals surface area contributed by atoms with E-state index in [0.29, 0.717) is 11.6 Å². The third-order valence-corrected chi connectivity index (χ3v) is 3.70. The van der Waals surface area contributed by atoms with Gasteiger partial charge in [0.2, 0.25) is 0 Å². The maximum absolute atomic E-state index is 9.27. The second-order valence-corrected chi connectivity index (χ2v) is 5.15. The average Bonchev–Trinajstić information content (AvgIpc) is 3.04. The van der Waals surface area contributed by atoms with E-state index in [1.165, 1.54) is 0 Å². The van der Waals surface area contributed by atoms with E-state index in [4.69, 9.17) is 0 Å². The SMILES string of the molecule is CN(C)c1ccn2c(C3CCNC3)nc(C#N)c2c1. The molecule has 3 rings (SSSR count). The Balaban J connectivity index is 2.17. The van der Waals surface area contributed by atoms with Crippen molar-refractivity contribution < 1.29 is 0 Å². The molecule has 5 heteroatoms. The van der Waals surface area contributed by atoms with E-state index in [-0.39, 0.29) is 0 Å². The van der Waals surface area contributed by atoms with Crippen molar-refractivity contribution in [3.63, 3.8) is 0 Å². The van der Waals surface area contributed by atoms with Gasteiger partial charge in [-0.2, -0.15) is 5.26 Å². The lowest BCUT2D eigenvalue weighted by Gasteiger charge is -2.13. The third-order valence-electron chi connectivity index (χ3n) is 3.70. The zero-order valence-electron chi connectivity index (χ0n) is 11.2. The molecule has 1 atom stereocenters. The van der Waals surface area contributed by atoms with Crippen LogP contribution >= 0.6 is 0 Å². The molecule has 0 amide bonds. The fourth-order valence-corrected chi connectivity index (χ4v) is 2.62. The Labute approximate surface area is 112 Å². The average molecular weight is 255 g/mol. The van der Waals surface area contributed by atoms with Crippen molar-refractivity contribution in [3.8, 4) is 6.07 Å². The maximum Gasteiger partial charge on any atom is 0.166 e. The highest BCUT2D eigenvalue weighted by Crippen LogP contribution is 2.26. The first-order chi connectivity index (χ1) is 9.20. The number of fused-ring (bicyclic) bond motifs is 1. The molecule has 0 aromatic carbocycles. The van der Waals surface area contributed by atoms with Gasteiger partial charge in [0.15, 0.2) is 5.69 Å². The van der Waals surface area contributed by atoms with Crippen LogP contribution in [0.3, 0.4) is 0 Å². The van der Waals surface area contributed by atoms with Crippen molar-refractivity contribution >= 4 is 11.2 Å². The van der Waals surface area contributed by atoms with Crippen LogP contribution in [0, 0.1) is 11.3 Å². The van der Waals surface area contributed by atoms with Gasteiger partial charge in [-0.05, 0) is 25.1 Å². The lowest BCUT2D eigenvalue weighted by atomic mass is 10.1. The number of aromatic nitrogens is 2. The summed E-state index contributed by atoms with van der Waals surface area (Å²) in [5.41, 5.74) is 2.50. The Morgan fingerprint density at radius 3 is 3.00 bits per heavy atom. The molecule has 19 heavy (non-hydrogen) atoms. The van der Waals surface area contributed by atoms with Crippen LogP contribution in [0.15, 0.2) is 18.3 Å². The predicted molar refractivity (Wildman–Crippen MR) is 74.5 cm³/mol. The number of anilines is 1. The summed E-state index contributed by atoms with van der Waals surface area (Å²) >= 11 is 0. The van der Waals surface area contributed by atoms with E-state index in [1.807, 2.05) is 31.3 Å². The van der Waals surface area contributed by atoms with E-state index >= 15 is 0 Å². The van der Waals surface area contributed by atoms with Gasteiger partial charge in [-0.3, -0.25) is 0 Å². The summed E-state index contributed by atoms with van der Waals surface area (Å²) in [6.07, 6.45) is 3.10. The Bertz CT molecular complexity index is 644. The minimum absolute atomic E-state index is 0.403. The number of nitrogens with one attached hydrogen (secondary N) is 1. The molecule has 0 bridgehead atoms. The molecule has 1 saturated heterocycles. The maximum atomic E-state index is 9.27. The van der Waals surface area contributed by atoms with E-state index in [1.54, 1.807) is 0 Å². The summed E-state index contributed by atoms with van der Waals surface area (Å²) in [5.74, 6) is 1.40. The van der Waals surface area contributed by atoms with Crippen LogP contribution in [0.2, 0.25) is 0 Å². The van der Waals surface area contributed by atoms with Crippen molar-refractivity contribution in [2.24, 2.45) is 0 Å². The molecule has 1 aliphatic heterocycles. The van der Waals surface area contributed by atoms with Crippen molar-refractivity contribution in [2.45, 2.75) is 12.3 Å². The van der Waals surface area contributed by atoms with Gasteiger partial charge in [0.25, 0.3) is 0 Å². The molecule has 2 aromatic heterocycles. The third kappa shape index (κ3) is 1.94. The van der Waals surface area contributed by atoms with Crippen LogP contribution < -0.4 is 10.2 Å². The summed E-state index contributed by atoms with van der Waals surface area (Å²) in [7, 11) is 3.99. The van der Waals surface area contributed by atoms with Gasteiger partial charge in [-0.15, -0.1) is 0 Å². The number of imidazole rings is 1. The van der Waals surface area contributed by atoms with Crippen LogP contribution in [-0.2, 0) is 0 Å². The Hall–Kier alpha value is -2.06. The van der Waals surface area contributed by atoms with Gasteiger partial charge in [-0.1, -0.05) is 0 Å². The first-order valence-corrected chi connectivity index (χ1v) is 6.51. The number of hydrogen-bond donors (Lipinski definition) is 1. The number of nitriles is 1.